The van der Waals surface area contributed by atoms with Gasteiger partial charge < -0.3 is 0 Å². The largest absolute Gasteiger partial charge is 0.120 e. The highest BCUT2D eigenvalue weighted by Gasteiger charge is 2.16. The Morgan fingerprint density at radius 3 is 2.50 bits per heavy atom. The Kier molecular flexibility index (Phi) is 4.76. The van der Waals surface area contributed by atoms with Crippen LogP contribution >= 0.6 is 15.9 Å². The molecular weight excluding hydrogens is 236 g/mol. The zero-order chi connectivity index (χ0) is 10.4. The van der Waals surface area contributed by atoms with E-state index in [2.05, 4.69) is 53.0 Å². The summed E-state index contributed by atoms with van der Waals surface area (Å²) in [7, 11) is 0. The van der Waals surface area contributed by atoms with Gasteiger partial charge in [-0.3, -0.25) is 0 Å². The standard InChI is InChI=1S/C13H15Br/c1-3-7-13(11(2)10-14)12-8-5-4-6-9-12/h1,4-6,8-9,11,13H,7,10H2,2H3/t11-,13-/m1/s1. The van der Waals surface area contributed by atoms with Gasteiger partial charge in [0, 0.05) is 11.8 Å². The molecule has 0 saturated heterocycles. The third-order valence-electron chi connectivity index (χ3n) is 2.50. The Bertz CT molecular complexity index is 297. The minimum Gasteiger partial charge on any atom is -0.120 e. The summed E-state index contributed by atoms with van der Waals surface area (Å²) in [5, 5.41) is 0.994. The van der Waals surface area contributed by atoms with E-state index in [1.165, 1.54) is 5.56 Å². The Balaban J connectivity index is 2.84. The van der Waals surface area contributed by atoms with E-state index < -0.39 is 0 Å². The van der Waals surface area contributed by atoms with Crippen molar-refractivity contribution in [3.8, 4) is 12.3 Å². The highest BCUT2D eigenvalue weighted by Crippen LogP contribution is 2.28. The average molecular weight is 251 g/mol. The second-order valence-corrected chi connectivity index (χ2v) is 4.20. The summed E-state index contributed by atoms with van der Waals surface area (Å²) in [6, 6.07) is 10.5. The Hall–Kier alpha value is -0.740. The monoisotopic (exact) mass is 250 g/mol. The van der Waals surface area contributed by atoms with Crippen LogP contribution in [-0.2, 0) is 0 Å². The highest BCUT2D eigenvalue weighted by atomic mass is 79.9. The van der Waals surface area contributed by atoms with Crippen LogP contribution in [0.2, 0.25) is 0 Å². The molecule has 1 rings (SSSR count). The van der Waals surface area contributed by atoms with E-state index in [4.69, 9.17) is 6.42 Å². The first-order chi connectivity index (χ1) is 6.79. The van der Waals surface area contributed by atoms with Crippen molar-refractivity contribution >= 4 is 15.9 Å². The summed E-state index contributed by atoms with van der Waals surface area (Å²) in [5.41, 5.74) is 1.34. The minimum atomic E-state index is 0.473. The average Bonchev–Trinajstić information content (AvgIpc) is 2.26. The molecule has 0 unspecified atom stereocenters. The van der Waals surface area contributed by atoms with Gasteiger partial charge in [-0.15, -0.1) is 12.3 Å². The first kappa shape index (κ1) is 11.3. The molecule has 74 valence electrons. The molecule has 0 aliphatic carbocycles. The van der Waals surface area contributed by atoms with E-state index >= 15 is 0 Å². The molecule has 0 aliphatic heterocycles. The van der Waals surface area contributed by atoms with Gasteiger partial charge in [0.05, 0.1) is 0 Å². The van der Waals surface area contributed by atoms with Crippen LogP contribution in [0, 0.1) is 18.3 Å². The second-order valence-electron chi connectivity index (χ2n) is 3.56. The van der Waals surface area contributed by atoms with Crippen molar-refractivity contribution < 1.29 is 0 Å². The van der Waals surface area contributed by atoms with Crippen LogP contribution in [0.4, 0.5) is 0 Å². The number of hydrogen-bond acceptors (Lipinski definition) is 0. The Labute approximate surface area is 94.9 Å². The Morgan fingerprint density at radius 2 is 2.00 bits per heavy atom. The lowest BCUT2D eigenvalue weighted by molar-refractivity contribution is 0.519. The van der Waals surface area contributed by atoms with Crippen LogP contribution in [0.5, 0.6) is 0 Å². The molecule has 0 bridgehead atoms. The smallest absolute Gasteiger partial charge is 0.0158 e. The van der Waals surface area contributed by atoms with E-state index in [1.807, 2.05) is 6.07 Å². The van der Waals surface area contributed by atoms with E-state index in [9.17, 15) is 0 Å². The molecule has 14 heavy (non-hydrogen) atoms. The van der Waals surface area contributed by atoms with Crippen LogP contribution in [0.3, 0.4) is 0 Å². The number of benzene rings is 1. The zero-order valence-electron chi connectivity index (χ0n) is 8.41. The summed E-state index contributed by atoms with van der Waals surface area (Å²) >= 11 is 3.51. The topological polar surface area (TPSA) is 0 Å². The highest BCUT2D eigenvalue weighted by molar-refractivity contribution is 9.09. The number of terminal acetylenes is 1. The molecule has 0 fully saturated rings. The van der Waals surface area contributed by atoms with Gasteiger partial charge in [-0.1, -0.05) is 53.2 Å². The normalized spacial score (nSPS) is 14.4. The van der Waals surface area contributed by atoms with Gasteiger partial charge in [0.15, 0.2) is 0 Å². The summed E-state index contributed by atoms with van der Waals surface area (Å²) in [6.45, 7) is 2.23. The van der Waals surface area contributed by atoms with Crippen LogP contribution in [0.15, 0.2) is 30.3 Å². The fourth-order valence-corrected chi connectivity index (χ4v) is 2.03. The maximum absolute atomic E-state index is 5.39. The lowest BCUT2D eigenvalue weighted by Gasteiger charge is -2.20. The quantitative estimate of drug-likeness (QED) is 0.563. The van der Waals surface area contributed by atoms with E-state index in [1.54, 1.807) is 0 Å². The minimum absolute atomic E-state index is 0.473. The van der Waals surface area contributed by atoms with Gasteiger partial charge in [0.25, 0.3) is 0 Å². The molecule has 0 amide bonds. The van der Waals surface area contributed by atoms with Gasteiger partial charge in [-0.2, -0.15) is 0 Å². The molecular formula is C13H15Br. The number of alkyl halides is 1. The maximum atomic E-state index is 5.39. The van der Waals surface area contributed by atoms with E-state index in [-0.39, 0.29) is 0 Å². The van der Waals surface area contributed by atoms with Gasteiger partial charge >= 0.3 is 0 Å². The van der Waals surface area contributed by atoms with Crippen molar-refractivity contribution in [1.82, 2.24) is 0 Å². The molecule has 0 radical (unpaired) electrons. The van der Waals surface area contributed by atoms with Crippen LogP contribution in [0.25, 0.3) is 0 Å². The van der Waals surface area contributed by atoms with Crippen molar-refractivity contribution in [2.24, 2.45) is 5.92 Å². The molecule has 0 saturated carbocycles. The van der Waals surface area contributed by atoms with Crippen molar-refractivity contribution in [3.05, 3.63) is 35.9 Å². The molecule has 1 aromatic rings. The fourth-order valence-electron chi connectivity index (χ4n) is 1.58. The molecule has 2 atom stereocenters. The molecule has 1 heteroatoms. The SMILES string of the molecule is C#CC[C@@H](c1ccccc1)[C@H](C)CBr. The molecule has 0 heterocycles. The third kappa shape index (κ3) is 2.89. The first-order valence-electron chi connectivity index (χ1n) is 4.84. The molecule has 0 aromatic heterocycles. The fraction of sp³-hybridized carbons (Fsp3) is 0.385. The van der Waals surface area contributed by atoms with Gasteiger partial charge in [-0.05, 0) is 17.4 Å². The summed E-state index contributed by atoms with van der Waals surface area (Å²) in [4.78, 5) is 0. The molecule has 0 aliphatic rings. The zero-order valence-corrected chi connectivity index (χ0v) is 10.00. The molecule has 0 spiro atoms. The van der Waals surface area contributed by atoms with E-state index in [0.29, 0.717) is 11.8 Å². The number of hydrogen-bond donors (Lipinski definition) is 0. The lowest BCUT2D eigenvalue weighted by atomic mass is 9.86. The number of rotatable bonds is 4. The van der Waals surface area contributed by atoms with Crippen molar-refractivity contribution in [2.75, 3.05) is 5.33 Å². The molecule has 0 N–H and O–H groups in total. The predicted molar refractivity (Wildman–Crippen MR) is 65.6 cm³/mol. The third-order valence-corrected chi connectivity index (χ3v) is 3.52. The van der Waals surface area contributed by atoms with Crippen molar-refractivity contribution in [3.63, 3.8) is 0 Å². The van der Waals surface area contributed by atoms with Crippen LogP contribution < -0.4 is 0 Å². The molecule has 0 nitrogen and oxygen atoms in total. The van der Waals surface area contributed by atoms with Gasteiger partial charge in [0.1, 0.15) is 0 Å². The molecule has 1 aromatic carbocycles. The van der Waals surface area contributed by atoms with Gasteiger partial charge in [0.2, 0.25) is 0 Å². The Morgan fingerprint density at radius 1 is 1.36 bits per heavy atom. The predicted octanol–water partition coefficient (Wildman–Crippen LogP) is 3.82. The van der Waals surface area contributed by atoms with Gasteiger partial charge in [-0.25, -0.2) is 0 Å². The van der Waals surface area contributed by atoms with Crippen molar-refractivity contribution in [2.45, 2.75) is 19.3 Å². The van der Waals surface area contributed by atoms with Crippen molar-refractivity contribution in [1.29, 1.82) is 0 Å². The van der Waals surface area contributed by atoms with Crippen LogP contribution in [-0.4, -0.2) is 5.33 Å². The first-order valence-corrected chi connectivity index (χ1v) is 5.96. The van der Waals surface area contributed by atoms with E-state index in [0.717, 1.165) is 11.8 Å². The summed E-state index contributed by atoms with van der Waals surface area (Å²) < 4.78 is 0. The van der Waals surface area contributed by atoms with Crippen LogP contribution in [0.1, 0.15) is 24.8 Å². The number of halogens is 1. The summed E-state index contributed by atoms with van der Waals surface area (Å²) in [5.74, 6) is 3.81. The second kappa shape index (κ2) is 5.88. The summed E-state index contributed by atoms with van der Waals surface area (Å²) in [6.07, 6.45) is 6.21. The lowest BCUT2D eigenvalue weighted by Crippen LogP contribution is -2.10. The maximum Gasteiger partial charge on any atom is 0.0158 e.